The van der Waals surface area contributed by atoms with Gasteiger partial charge in [0, 0.05) is 0 Å². The second-order valence-corrected chi connectivity index (χ2v) is 7.44. The van der Waals surface area contributed by atoms with Crippen molar-refractivity contribution in [3.8, 4) is 0 Å². The van der Waals surface area contributed by atoms with Crippen LogP contribution in [0.3, 0.4) is 0 Å². The molecule has 1 rings (SSSR count). The first-order valence-corrected chi connectivity index (χ1v) is 12.4. The van der Waals surface area contributed by atoms with Gasteiger partial charge in [0.2, 0.25) is 0 Å². The number of rotatable bonds is 7. The lowest BCUT2D eigenvalue weighted by Gasteiger charge is -2.02. The predicted octanol–water partition coefficient (Wildman–Crippen LogP) is 11.1. The smallest absolute Gasteiger partial charge is 0.0307 e. The molecule has 31 heavy (non-hydrogen) atoms. The molecule has 180 valence electrons. The topological polar surface area (TPSA) is 0 Å². The minimum absolute atomic E-state index is 0.949. The molecule has 0 N–H and O–H groups in total. The van der Waals surface area contributed by atoms with Gasteiger partial charge in [0.05, 0.1) is 0 Å². The van der Waals surface area contributed by atoms with E-state index in [1.807, 2.05) is 33.8 Å². The summed E-state index contributed by atoms with van der Waals surface area (Å²) in [6.45, 7) is 32.8. The standard InChI is InChI=1S/C11H16.C9H12.C7H16.2C2H6/c1-6-10(4)7-8-11(5)9(2)3;1-3-9-6-4-5-8(2)7-9;1-4-6-7(3)5-2;2*1-2/h6-8H,1,4H2,2-3,5H3;4-7H,3H2,1-2H3;7H,4-6H2,1-3H3;2*1-2H3/b8-7-;;;;. The van der Waals surface area contributed by atoms with E-state index in [1.165, 1.54) is 41.5 Å². The van der Waals surface area contributed by atoms with E-state index in [9.17, 15) is 0 Å². The molecule has 0 aliphatic heterocycles. The average Bonchev–Trinajstić information content (AvgIpc) is 2.80. The van der Waals surface area contributed by atoms with E-state index in [2.05, 4.69) is 98.9 Å². The largest absolute Gasteiger partial charge is 0.0985 e. The SMILES string of the molecule is C=CC(=C)/C=C\C(C)=C(C)C.CC.CC.CCCC(C)CC.CCc1cccc(C)c1. The summed E-state index contributed by atoms with van der Waals surface area (Å²) in [7, 11) is 0. The van der Waals surface area contributed by atoms with Crippen LogP contribution in [0.25, 0.3) is 0 Å². The molecule has 1 unspecified atom stereocenters. The fourth-order valence-electron chi connectivity index (χ4n) is 2.10. The molecule has 1 atom stereocenters. The summed E-state index contributed by atoms with van der Waals surface area (Å²) in [6.07, 6.45) is 11.0. The van der Waals surface area contributed by atoms with Gasteiger partial charge in [0.15, 0.2) is 0 Å². The summed E-state index contributed by atoms with van der Waals surface area (Å²) in [4.78, 5) is 0. The van der Waals surface area contributed by atoms with Gasteiger partial charge in [0.1, 0.15) is 0 Å². The molecule has 0 radical (unpaired) electrons. The Labute approximate surface area is 198 Å². The van der Waals surface area contributed by atoms with Crippen LogP contribution in [0.5, 0.6) is 0 Å². The molecule has 1 aromatic carbocycles. The molecular formula is C31H56. The molecular weight excluding hydrogens is 372 g/mol. The van der Waals surface area contributed by atoms with Gasteiger partial charge >= 0.3 is 0 Å². The summed E-state index contributed by atoms with van der Waals surface area (Å²) in [5.41, 5.74) is 6.35. The van der Waals surface area contributed by atoms with Crippen LogP contribution in [0.15, 0.2) is 72.4 Å². The molecule has 0 nitrogen and oxygen atoms in total. The van der Waals surface area contributed by atoms with Crippen LogP contribution in [-0.2, 0) is 6.42 Å². The van der Waals surface area contributed by atoms with Crippen molar-refractivity contribution in [1.29, 1.82) is 0 Å². The maximum atomic E-state index is 3.78. The molecule has 0 fully saturated rings. The highest BCUT2D eigenvalue weighted by atomic mass is 14.0. The van der Waals surface area contributed by atoms with Crippen molar-refractivity contribution >= 4 is 0 Å². The summed E-state index contributed by atoms with van der Waals surface area (Å²) < 4.78 is 0. The lowest BCUT2D eigenvalue weighted by atomic mass is 10.0. The van der Waals surface area contributed by atoms with Crippen molar-refractivity contribution in [2.45, 2.75) is 109 Å². The Kier molecular flexibility index (Phi) is 33.2. The highest BCUT2D eigenvalue weighted by molar-refractivity contribution is 5.32. The van der Waals surface area contributed by atoms with Gasteiger partial charge in [-0.15, -0.1) is 0 Å². The number of benzene rings is 1. The number of aryl methyl sites for hydroxylation is 2. The third-order valence-corrected chi connectivity index (χ3v) is 4.57. The van der Waals surface area contributed by atoms with Gasteiger partial charge < -0.3 is 0 Å². The van der Waals surface area contributed by atoms with Crippen molar-refractivity contribution in [2.24, 2.45) is 5.92 Å². The Morgan fingerprint density at radius 2 is 1.52 bits per heavy atom. The van der Waals surface area contributed by atoms with Crippen molar-refractivity contribution in [1.82, 2.24) is 0 Å². The monoisotopic (exact) mass is 428 g/mol. The van der Waals surface area contributed by atoms with Gasteiger partial charge in [-0.05, 0) is 51.2 Å². The molecule has 0 aromatic heterocycles. The second-order valence-electron chi connectivity index (χ2n) is 7.44. The molecule has 0 heterocycles. The van der Waals surface area contributed by atoms with Crippen molar-refractivity contribution in [2.75, 3.05) is 0 Å². The van der Waals surface area contributed by atoms with Crippen LogP contribution in [0.4, 0.5) is 0 Å². The van der Waals surface area contributed by atoms with E-state index in [4.69, 9.17) is 0 Å². The van der Waals surface area contributed by atoms with Gasteiger partial charge in [-0.2, -0.15) is 0 Å². The Hall–Kier alpha value is -1.82. The molecule has 0 heteroatoms. The van der Waals surface area contributed by atoms with E-state index >= 15 is 0 Å². The van der Waals surface area contributed by atoms with Crippen LogP contribution in [0.2, 0.25) is 0 Å². The second kappa shape index (κ2) is 28.2. The van der Waals surface area contributed by atoms with E-state index in [0.717, 1.165) is 17.9 Å². The quantitative estimate of drug-likeness (QED) is 0.379. The van der Waals surface area contributed by atoms with Crippen LogP contribution in [0.1, 0.15) is 107 Å². The van der Waals surface area contributed by atoms with Crippen LogP contribution >= 0.6 is 0 Å². The summed E-state index contributed by atoms with van der Waals surface area (Å²) in [6, 6.07) is 8.61. The first-order chi connectivity index (χ1) is 14.7. The maximum Gasteiger partial charge on any atom is -0.0307 e. The Morgan fingerprint density at radius 1 is 0.968 bits per heavy atom. The summed E-state index contributed by atoms with van der Waals surface area (Å²) in [5, 5.41) is 0. The van der Waals surface area contributed by atoms with Gasteiger partial charge in [-0.3, -0.25) is 0 Å². The highest BCUT2D eigenvalue weighted by Gasteiger charge is 1.92. The summed E-state index contributed by atoms with van der Waals surface area (Å²) >= 11 is 0. The average molecular weight is 429 g/mol. The number of hydrogen-bond donors (Lipinski definition) is 0. The highest BCUT2D eigenvalue weighted by Crippen LogP contribution is 2.07. The lowest BCUT2D eigenvalue weighted by Crippen LogP contribution is -1.88. The van der Waals surface area contributed by atoms with Crippen molar-refractivity contribution in [3.63, 3.8) is 0 Å². The Balaban J connectivity index is -0.000000166. The van der Waals surface area contributed by atoms with Crippen LogP contribution in [0, 0.1) is 12.8 Å². The zero-order valence-corrected chi connectivity index (χ0v) is 23.4. The molecule has 1 aromatic rings. The molecule has 0 spiro atoms. The minimum atomic E-state index is 0.949. The van der Waals surface area contributed by atoms with Crippen molar-refractivity contribution < 1.29 is 0 Å². The third-order valence-electron chi connectivity index (χ3n) is 4.57. The first kappa shape index (κ1) is 36.5. The third kappa shape index (κ3) is 28.2. The predicted molar refractivity (Wildman–Crippen MR) is 150 cm³/mol. The van der Waals surface area contributed by atoms with Crippen LogP contribution < -0.4 is 0 Å². The Morgan fingerprint density at radius 3 is 1.81 bits per heavy atom. The molecule has 0 aliphatic carbocycles. The zero-order valence-electron chi connectivity index (χ0n) is 23.4. The van der Waals surface area contributed by atoms with Gasteiger partial charge in [0.25, 0.3) is 0 Å². The number of allylic oxidation sites excluding steroid dienone is 6. The zero-order chi connectivity index (χ0) is 25.2. The molecule has 0 amide bonds. The summed E-state index contributed by atoms with van der Waals surface area (Å²) in [5.74, 6) is 0.949. The molecule has 0 saturated carbocycles. The Bertz CT molecular complexity index is 580. The minimum Gasteiger partial charge on any atom is -0.0985 e. The maximum absolute atomic E-state index is 3.78. The number of hydrogen-bond acceptors (Lipinski definition) is 0. The van der Waals surface area contributed by atoms with Crippen molar-refractivity contribution in [3.05, 3.63) is 83.5 Å². The lowest BCUT2D eigenvalue weighted by molar-refractivity contribution is 0.509. The normalized spacial score (nSPS) is 9.81. The van der Waals surface area contributed by atoms with Crippen LogP contribution in [-0.4, -0.2) is 0 Å². The van der Waals surface area contributed by atoms with E-state index in [1.54, 1.807) is 6.08 Å². The van der Waals surface area contributed by atoms with Gasteiger partial charge in [-0.1, -0.05) is 147 Å². The van der Waals surface area contributed by atoms with Gasteiger partial charge in [-0.25, -0.2) is 0 Å². The van der Waals surface area contributed by atoms with E-state index in [-0.39, 0.29) is 0 Å². The molecule has 0 aliphatic rings. The first-order valence-electron chi connectivity index (χ1n) is 12.4. The fraction of sp³-hybridized carbons (Fsp3) is 0.548. The van der Waals surface area contributed by atoms with E-state index < -0.39 is 0 Å². The fourth-order valence-corrected chi connectivity index (χ4v) is 2.10. The van der Waals surface area contributed by atoms with E-state index in [0.29, 0.717) is 0 Å². The molecule has 0 saturated heterocycles. The molecule has 0 bridgehead atoms.